The predicted octanol–water partition coefficient (Wildman–Crippen LogP) is 1.89. The molecule has 3 N–H and O–H groups in total. The molecule has 0 heterocycles. The van der Waals surface area contributed by atoms with E-state index in [0.29, 0.717) is 12.3 Å². The van der Waals surface area contributed by atoms with E-state index in [1.165, 1.54) is 11.9 Å². The molecule has 158 valence electrons. The van der Waals surface area contributed by atoms with Gasteiger partial charge in [-0.1, -0.05) is 12.1 Å². The minimum absolute atomic E-state index is 0.285. The van der Waals surface area contributed by atoms with Crippen molar-refractivity contribution in [1.29, 1.82) is 0 Å². The summed E-state index contributed by atoms with van der Waals surface area (Å²) in [5.74, 6) is -1.68. The van der Waals surface area contributed by atoms with Gasteiger partial charge >= 0.3 is 18.0 Å². The standard InChI is InChI=1S/C14H22N2O2.C5H9NO4/c1-6-16(5)14(17)18-13-9-7-8-12(10-13)11(2)15(3)4;1-6-3(5(9)10)2-4(7)8/h7-11H,6H2,1-5H3;3,6H,2H2,1H3,(H,7,8)(H,9,10)/t11-;3-/m01/s1. The van der Waals surface area contributed by atoms with Gasteiger partial charge in [-0.2, -0.15) is 0 Å². The van der Waals surface area contributed by atoms with Crippen molar-refractivity contribution in [2.24, 2.45) is 0 Å². The first-order chi connectivity index (χ1) is 13.0. The van der Waals surface area contributed by atoms with Crippen LogP contribution < -0.4 is 10.1 Å². The Hall–Kier alpha value is -2.65. The van der Waals surface area contributed by atoms with Crippen LogP contribution >= 0.6 is 0 Å². The van der Waals surface area contributed by atoms with Crippen molar-refractivity contribution in [3.63, 3.8) is 0 Å². The van der Waals surface area contributed by atoms with Gasteiger partial charge in [-0.05, 0) is 52.7 Å². The molecule has 0 bridgehead atoms. The zero-order valence-corrected chi connectivity index (χ0v) is 17.3. The molecule has 2 atom stereocenters. The molecule has 0 aliphatic carbocycles. The van der Waals surface area contributed by atoms with Gasteiger partial charge in [-0.3, -0.25) is 9.59 Å². The van der Waals surface area contributed by atoms with Crippen LogP contribution in [0.2, 0.25) is 0 Å². The predicted molar refractivity (Wildman–Crippen MR) is 106 cm³/mol. The number of carboxylic acid groups (broad SMARTS) is 2. The molecule has 9 heteroatoms. The zero-order valence-electron chi connectivity index (χ0n) is 17.3. The SMILES string of the molecule is CCN(C)C(=O)Oc1cccc([C@H](C)N(C)C)c1.CN[C@H](CC(=O)O)C(=O)O. The fraction of sp³-hybridized carbons (Fsp3) is 0.526. The van der Waals surface area contributed by atoms with Crippen molar-refractivity contribution < 1.29 is 29.3 Å². The van der Waals surface area contributed by atoms with Crippen LogP contribution in [0.3, 0.4) is 0 Å². The number of rotatable bonds is 8. The van der Waals surface area contributed by atoms with Crippen LogP contribution in [0.25, 0.3) is 0 Å². The lowest BCUT2D eigenvalue weighted by Crippen LogP contribution is -2.35. The lowest BCUT2D eigenvalue weighted by molar-refractivity contribution is -0.145. The number of hydrogen-bond donors (Lipinski definition) is 3. The highest BCUT2D eigenvalue weighted by Gasteiger charge is 2.17. The molecule has 1 amide bonds. The fourth-order valence-corrected chi connectivity index (χ4v) is 1.93. The van der Waals surface area contributed by atoms with E-state index in [1.807, 2.05) is 39.2 Å². The Bertz CT molecular complexity index is 650. The number of aliphatic carboxylic acids is 2. The maximum Gasteiger partial charge on any atom is 0.414 e. The van der Waals surface area contributed by atoms with E-state index in [1.54, 1.807) is 13.1 Å². The maximum absolute atomic E-state index is 11.7. The topological polar surface area (TPSA) is 119 Å². The Morgan fingerprint density at radius 1 is 1.18 bits per heavy atom. The monoisotopic (exact) mass is 397 g/mol. The normalized spacial score (nSPS) is 12.4. The molecule has 1 aromatic carbocycles. The molecule has 0 aliphatic heterocycles. The third kappa shape index (κ3) is 9.33. The fourth-order valence-electron chi connectivity index (χ4n) is 1.93. The Labute approximate surface area is 165 Å². The van der Waals surface area contributed by atoms with Crippen LogP contribution in [0.5, 0.6) is 5.75 Å². The Morgan fingerprint density at radius 2 is 1.79 bits per heavy atom. The molecule has 1 aromatic rings. The molecule has 28 heavy (non-hydrogen) atoms. The van der Waals surface area contributed by atoms with Gasteiger partial charge in [0.05, 0.1) is 6.42 Å². The average Bonchev–Trinajstić information content (AvgIpc) is 2.64. The van der Waals surface area contributed by atoms with E-state index < -0.39 is 24.4 Å². The first-order valence-corrected chi connectivity index (χ1v) is 8.84. The third-order valence-electron chi connectivity index (χ3n) is 4.13. The second-order valence-corrected chi connectivity index (χ2v) is 6.37. The number of benzene rings is 1. The molecular weight excluding hydrogens is 366 g/mol. The summed E-state index contributed by atoms with van der Waals surface area (Å²) in [4.78, 5) is 35.4. The second-order valence-electron chi connectivity index (χ2n) is 6.37. The summed E-state index contributed by atoms with van der Waals surface area (Å²) in [6.45, 7) is 4.65. The van der Waals surface area contributed by atoms with Gasteiger partial charge in [0.1, 0.15) is 11.8 Å². The molecule has 0 unspecified atom stereocenters. The van der Waals surface area contributed by atoms with Crippen LogP contribution in [0.4, 0.5) is 4.79 Å². The maximum atomic E-state index is 11.7. The number of likely N-dealkylation sites (N-methyl/N-ethyl adjacent to an activating group) is 1. The highest BCUT2D eigenvalue weighted by atomic mass is 16.6. The van der Waals surface area contributed by atoms with E-state index in [-0.39, 0.29) is 12.1 Å². The van der Waals surface area contributed by atoms with Crippen molar-refractivity contribution >= 4 is 18.0 Å². The highest BCUT2D eigenvalue weighted by molar-refractivity contribution is 5.80. The number of ether oxygens (including phenoxy) is 1. The third-order valence-corrected chi connectivity index (χ3v) is 4.13. The van der Waals surface area contributed by atoms with Crippen LogP contribution in [0, 0.1) is 0 Å². The average molecular weight is 397 g/mol. The van der Waals surface area contributed by atoms with Gasteiger partial charge < -0.3 is 30.1 Å². The summed E-state index contributed by atoms with van der Waals surface area (Å²) in [5.41, 5.74) is 1.13. The van der Waals surface area contributed by atoms with E-state index in [9.17, 15) is 14.4 Å². The molecule has 0 spiro atoms. The van der Waals surface area contributed by atoms with Crippen molar-refractivity contribution in [1.82, 2.24) is 15.1 Å². The molecule has 0 aromatic heterocycles. The number of carbonyl (C=O) groups is 3. The molecule has 9 nitrogen and oxygen atoms in total. The minimum Gasteiger partial charge on any atom is -0.481 e. The summed E-state index contributed by atoms with van der Waals surface area (Å²) >= 11 is 0. The highest BCUT2D eigenvalue weighted by Crippen LogP contribution is 2.22. The quantitative estimate of drug-likeness (QED) is 0.608. The molecule has 0 fully saturated rings. The zero-order chi connectivity index (χ0) is 21.9. The Morgan fingerprint density at radius 3 is 2.18 bits per heavy atom. The van der Waals surface area contributed by atoms with Gasteiger partial charge in [-0.25, -0.2) is 4.79 Å². The Kier molecular flexibility index (Phi) is 11.5. The van der Waals surface area contributed by atoms with Crippen LogP contribution in [-0.2, 0) is 9.59 Å². The number of nitrogens with one attached hydrogen (secondary N) is 1. The first kappa shape index (κ1) is 25.4. The number of carbonyl (C=O) groups excluding carboxylic acids is 1. The second kappa shape index (κ2) is 12.7. The van der Waals surface area contributed by atoms with Crippen LogP contribution in [0.1, 0.15) is 31.9 Å². The summed E-state index contributed by atoms with van der Waals surface area (Å²) in [6.07, 6.45) is -0.724. The van der Waals surface area contributed by atoms with Crippen molar-refractivity contribution in [2.45, 2.75) is 32.4 Å². The Balaban J connectivity index is 0.000000621. The molecule has 1 rings (SSSR count). The number of hydrogen-bond acceptors (Lipinski definition) is 6. The van der Waals surface area contributed by atoms with Gasteiger partial charge in [0, 0.05) is 19.6 Å². The number of amides is 1. The van der Waals surface area contributed by atoms with Crippen molar-refractivity contribution in [2.75, 3.05) is 34.7 Å². The van der Waals surface area contributed by atoms with Crippen molar-refractivity contribution in [3.8, 4) is 5.75 Å². The van der Waals surface area contributed by atoms with Gasteiger partial charge in [-0.15, -0.1) is 0 Å². The smallest absolute Gasteiger partial charge is 0.414 e. The molecule has 0 saturated carbocycles. The number of nitrogens with zero attached hydrogens (tertiary/aromatic N) is 2. The summed E-state index contributed by atoms with van der Waals surface area (Å²) < 4.78 is 5.31. The van der Waals surface area contributed by atoms with Gasteiger partial charge in [0.25, 0.3) is 0 Å². The molecule has 0 aliphatic rings. The van der Waals surface area contributed by atoms with Gasteiger partial charge in [0.2, 0.25) is 0 Å². The first-order valence-electron chi connectivity index (χ1n) is 8.84. The van der Waals surface area contributed by atoms with E-state index in [4.69, 9.17) is 14.9 Å². The van der Waals surface area contributed by atoms with Crippen LogP contribution in [-0.4, -0.2) is 78.8 Å². The van der Waals surface area contributed by atoms with E-state index in [0.717, 1.165) is 5.56 Å². The minimum atomic E-state index is -1.15. The van der Waals surface area contributed by atoms with Crippen LogP contribution in [0.15, 0.2) is 24.3 Å². The molecule has 0 saturated heterocycles. The summed E-state index contributed by atoms with van der Waals surface area (Å²) in [6, 6.07) is 6.94. The summed E-state index contributed by atoms with van der Waals surface area (Å²) in [7, 11) is 7.17. The lowest BCUT2D eigenvalue weighted by Gasteiger charge is -2.21. The summed E-state index contributed by atoms with van der Waals surface area (Å²) in [5, 5.41) is 18.8. The molecular formula is C19H31N3O6. The largest absolute Gasteiger partial charge is 0.481 e. The van der Waals surface area contributed by atoms with E-state index in [2.05, 4.69) is 17.1 Å². The molecule has 0 radical (unpaired) electrons. The van der Waals surface area contributed by atoms with Crippen molar-refractivity contribution in [3.05, 3.63) is 29.8 Å². The lowest BCUT2D eigenvalue weighted by atomic mass is 10.1. The van der Waals surface area contributed by atoms with E-state index >= 15 is 0 Å². The number of carboxylic acids is 2. The van der Waals surface area contributed by atoms with Gasteiger partial charge in [0.15, 0.2) is 0 Å².